The molecule has 1 unspecified atom stereocenters. The van der Waals surface area contributed by atoms with Crippen molar-refractivity contribution in [2.75, 3.05) is 26.9 Å². The lowest BCUT2D eigenvalue weighted by molar-refractivity contribution is -0.144. The molecule has 0 saturated heterocycles. The third-order valence-corrected chi connectivity index (χ3v) is 3.53. The van der Waals surface area contributed by atoms with Gasteiger partial charge in [0.25, 0.3) is 0 Å². The average molecular weight is 361 g/mol. The van der Waals surface area contributed by atoms with Crippen LogP contribution >= 0.6 is 0 Å². The quantitative estimate of drug-likeness (QED) is 0.352. The van der Waals surface area contributed by atoms with E-state index in [9.17, 15) is 4.79 Å². The lowest BCUT2D eigenvalue weighted by Crippen LogP contribution is -2.38. The topological polar surface area (TPSA) is 56.8 Å². The van der Waals surface area contributed by atoms with Gasteiger partial charge in [0.05, 0.1) is 6.61 Å². The Labute approximate surface area is 157 Å². The Morgan fingerprint density at radius 1 is 1.19 bits per heavy atom. The second-order valence-corrected chi connectivity index (χ2v) is 6.20. The second-order valence-electron chi connectivity index (χ2n) is 6.20. The Morgan fingerprint density at radius 3 is 2.54 bits per heavy atom. The van der Waals surface area contributed by atoms with Crippen molar-refractivity contribution in [1.29, 1.82) is 0 Å². The number of methoxy groups -OCH3 is 1. The first kappa shape index (κ1) is 21.9. The number of nitrogens with one attached hydrogen (secondary N) is 1. The average Bonchev–Trinajstić information content (AvgIpc) is 2.63. The molecule has 1 atom stereocenters. The van der Waals surface area contributed by atoms with Crippen molar-refractivity contribution in [1.82, 2.24) is 5.32 Å². The summed E-state index contributed by atoms with van der Waals surface area (Å²) < 4.78 is 16.4. The second kappa shape index (κ2) is 13.1. The molecule has 0 bridgehead atoms. The van der Waals surface area contributed by atoms with E-state index in [-0.39, 0.29) is 12.1 Å². The van der Waals surface area contributed by atoms with E-state index < -0.39 is 0 Å². The Balaban J connectivity index is 2.57. The highest BCUT2D eigenvalue weighted by molar-refractivity contribution is 5.82. The molecule has 1 rings (SSSR count). The van der Waals surface area contributed by atoms with E-state index in [1.165, 1.54) is 11.6 Å². The summed E-state index contributed by atoms with van der Waals surface area (Å²) in [5, 5.41) is 3.28. The van der Waals surface area contributed by atoms with Gasteiger partial charge in [0.15, 0.2) is 0 Å². The number of hydrogen-bond donors (Lipinski definition) is 1. The molecule has 0 spiro atoms. The molecule has 0 heterocycles. The van der Waals surface area contributed by atoms with E-state index in [0.717, 1.165) is 12.2 Å². The molecule has 0 aromatic heterocycles. The van der Waals surface area contributed by atoms with Crippen molar-refractivity contribution in [3.8, 4) is 5.75 Å². The molecule has 0 aliphatic heterocycles. The van der Waals surface area contributed by atoms with Crippen LogP contribution < -0.4 is 10.1 Å². The molecule has 0 amide bonds. The molecular formula is C21H31NO4. The van der Waals surface area contributed by atoms with Gasteiger partial charge < -0.3 is 19.5 Å². The van der Waals surface area contributed by atoms with E-state index in [1.807, 2.05) is 51.1 Å². The summed E-state index contributed by atoms with van der Waals surface area (Å²) in [6.45, 7) is 7.50. The van der Waals surface area contributed by atoms with E-state index in [2.05, 4.69) is 5.32 Å². The zero-order chi connectivity index (χ0) is 19.2. The van der Waals surface area contributed by atoms with E-state index in [0.29, 0.717) is 25.8 Å². The Hall–Kier alpha value is -2.11. The summed E-state index contributed by atoms with van der Waals surface area (Å²) >= 11 is 0. The van der Waals surface area contributed by atoms with Gasteiger partial charge in [0.2, 0.25) is 0 Å². The molecule has 0 aliphatic carbocycles. The maximum atomic E-state index is 11.9. The molecular weight excluding hydrogens is 330 g/mol. The van der Waals surface area contributed by atoms with Crippen molar-refractivity contribution in [2.45, 2.75) is 39.3 Å². The van der Waals surface area contributed by atoms with Gasteiger partial charge in [-0.2, -0.15) is 0 Å². The van der Waals surface area contributed by atoms with Crippen LogP contribution in [0.2, 0.25) is 0 Å². The van der Waals surface area contributed by atoms with Crippen LogP contribution in [0, 0.1) is 0 Å². The summed E-state index contributed by atoms with van der Waals surface area (Å²) in [6, 6.07) is 8.18. The molecule has 144 valence electrons. The molecule has 1 N–H and O–H groups in total. The Bertz CT molecular complexity index is 564. The van der Waals surface area contributed by atoms with E-state index in [1.54, 1.807) is 19.3 Å². The van der Waals surface area contributed by atoms with Crippen molar-refractivity contribution in [2.24, 2.45) is 0 Å². The van der Waals surface area contributed by atoms with Crippen LogP contribution in [-0.2, 0) is 20.7 Å². The van der Waals surface area contributed by atoms with Crippen LogP contribution in [0.5, 0.6) is 5.75 Å². The largest absolute Gasteiger partial charge is 0.490 e. The lowest BCUT2D eigenvalue weighted by Gasteiger charge is -2.20. The van der Waals surface area contributed by atoms with Crippen LogP contribution in [0.3, 0.4) is 0 Å². The standard InChI is InChI=1S/C21H31NO4/c1-5-6-7-8-21(23)26-20(15-22-17(2)3)16-25-19-11-9-18(10-12-19)13-14-24-4/h5-12,17,20,22H,13-16H2,1-4H3. The number of carbonyl (C=O) groups excluding carboxylic acids is 1. The minimum Gasteiger partial charge on any atom is -0.490 e. The molecule has 1 aromatic carbocycles. The van der Waals surface area contributed by atoms with Gasteiger partial charge in [0, 0.05) is 25.8 Å². The predicted octanol–water partition coefficient (Wildman–Crippen LogP) is 3.30. The summed E-state index contributed by atoms with van der Waals surface area (Å²) in [5.41, 5.74) is 1.19. The fraction of sp³-hybridized carbons (Fsp3) is 0.476. The third kappa shape index (κ3) is 10.0. The lowest BCUT2D eigenvalue weighted by atomic mass is 10.1. The van der Waals surface area contributed by atoms with Crippen molar-refractivity contribution in [3.05, 3.63) is 54.1 Å². The van der Waals surface area contributed by atoms with Crippen molar-refractivity contribution in [3.63, 3.8) is 0 Å². The van der Waals surface area contributed by atoms with Gasteiger partial charge in [-0.1, -0.05) is 44.2 Å². The highest BCUT2D eigenvalue weighted by Gasteiger charge is 2.14. The van der Waals surface area contributed by atoms with Gasteiger partial charge >= 0.3 is 5.97 Å². The van der Waals surface area contributed by atoms with Crippen molar-refractivity contribution >= 4 is 5.97 Å². The van der Waals surface area contributed by atoms with Crippen LogP contribution in [0.4, 0.5) is 0 Å². The summed E-state index contributed by atoms with van der Waals surface area (Å²) in [5.74, 6) is 0.374. The molecule has 5 nitrogen and oxygen atoms in total. The minimum atomic E-state index is -0.378. The molecule has 5 heteroatoms. The smallest absolute Gasteiger partial charge is 0.331 e. The van der Waals surface area contributed by atoms with Crippen LogP contribution in [0.1, 0.15) is 26.3 Å². The summed E-state index contributed by atoms with van der Waals surface area (Å²) in [6.07, 6.45) is 7.20. The summed E-state index contributed by atoms with van der Waals surface area (Å²) in [7, 11) is 1.69. The van der Waals surface area contributed by atoms with E-state index in [4.69, 9.17) is 14.2 Å². The molecule has 0 aliphatic rings. The van der Waals surface area contributed by atoms with Gasteiger partial charge in [-0.15, -0.1) is 0 Å². The number of hydrogen-bond acceptors (Lipinski definition) is 5. The molecule has 0 fully saturated rings. The van der Waals surface area contributed by atoms with E-state index >= 15 is 0 Å². The molecule has 1 aromatic rings. The predicted molar refractivity (Wildman–Crippen MR) is 104 cm³/mol. The Kier molecular flexibility index (Phi) is 11.1. The van der Waals surface area contributed by atoms with Gasteiger partial charge in [-0.3, -0.25) is 0 Å². The fourth-order valence-corrected chi connectivity index (χ4v) is 2.11. The normalized spacial score (nSPS) is 12.8. The van der Waals surface area contributed by atoms with Crippen LogP contribution in [0.15, 0.2) is 48.6 Å². The maximum absolute atomic E-state index is 11.9. The van der Waals surface area contributed by atoms with Crippen LogP contribution in [0.25, 0.3) is 0 Å². The first-order chi connectivity index (χ1) is 12.5. The first-order valence-corrected chi connectivity index (χ1v) is 8.99. The van der Waals surface area contributed by atoms with Gasteiger partial charge in [-0.05, 0) is 31.0 Å². The number of esters is 1. The highest BCUT2D eigenvalue weighted by Crippen LogP contribution is 2.13. The minimum absolute atomic E-state index is 0.292. The highest BCUT2D eigenvalue weighted by atomic mass is 16.6. The number of carbonyl (C=O) groups is 1. The van der Waals surface area contributed by atoms with Crippen LogP contribution in [-0.4, -0.2) is 45.0 Å². The molecule has 26 heavy (non-hydrogen) atoms. The zero-order valence-electron chi connectivity index (χ0n) is 16.2. The summed E-state index contributed by atoms with van der Waals surface area (Å²) in [4.78, 5) is 11.9. The van der Waals surface area contributed by atoms with Crippen molar-refractivity contribution < 1.29 is 19.0 Å². The molecule has 0 radical (unpaired) electrons. The SMILES string of the molecule is CC=CC=CC(=O)OC(CNC(C)C)COc1ccc(CCOC)cc1. The van der Waals surface area contributed by atoms with Gasteiger partial charge in [0.1, 0.15) is 18.5 Å². The third-order valence-electron chi connectivity index (χ3n) is 3.53. The maximum Gasteiger partial charge on any atom is 0.331 e. The fourth-order valence-electron chi connectivity index (χ4n) is 2.11. The number of ether oxygens (including phenoxy) is 3. The molecule has 0 saturated carbocycles. The number of benzene rings is 1. The first-order valence-electron chi connectivity index (χ1n) is 8.99. The number of allylic oxidation sites excluding steroid dienone is 3. The zero-order valence-corrected chi connectivity index (χ0v) is 16.2. The number of rotatable bonds is 12. The Morgan fingerprint density at radius 2 is 1.92 bits per heavy atom. The van der Waals surface area contributed by atoms with Gasteiger partial charge in [-0.25, -0.2) is 4.79 Å². The monoisotopic (exact) mass is 361 g/mol.